The SMILES string of the molecule is Fc1cnc2c([C@H]3C[C@@H]3c3ccc4ncsc4c3)cc(Cl)nn12. The zero-order valence-corrected chi connectivity index (χ0v) is 13.4. The number of thiazole rings is 1. The molecular weight excluding hydrogens is 335 g/mol. The Hall–Kier alpha value is -2.05. The molecule has 2 atom stereocenters. The molecule has 0 unspecified atom stereocenters. The van der Waals surface area contributed by atoms with E-state index in [1.165, 1.54) is 21.0 Å². The van der Waals surface area contributed by atoms with Crippen molar-refractivity contribution in [2.75, 3.05) is 0 Å². The Labute approximate surface area is 139 Å². The smallest absolute Gasteiger partial charge is 0.234 e. The van der Waals surface area contributed by atoms with E-state index in [2.05, 4.69) is 33.3 Å². The molecule has 1 saturated carbocycles. The van der Waals surface area contributed by atoms with Crippen molar-refractivity contribution in [2.45, 2.75) is 18.3 Å². The Balaban J connectivity index is 1.57. The molecule has 0 aliphatic heterocycles. The highest BCUT2D eigenvalue weighted by molar-refractivity contribution is 7.16. The summed E-state index contributed by atoms with van der Waals surface area (Å²) in [5.74, 6) is 0.209. The molecule has 4 aromatic rings. The average Bonchev–Trinajstić information content (AvgIpc) is 3.06. The van der Waals surface area contributed by atoms with Crippen LogP contribution < -0.4 is 0 Å². The fourth-order valence-corrected chi connectivity index (χ4v) is 4.14. The van der Waals surface area contributed by atoms with Crippen LogP contribution >= 0.6 is 22.9 Å². The molecule has 0 N–H and O–H groups in total. The summed E-state index contributed by atoms with van der Waals surface area (Å²) in [7, 11) is 0. The Kier molecular flexibility index (Phi) is 2.75. The second kappa shape index (κ2) is 4.72. The minimum Gasteiger partial charge on any atom is -0.245 e. The summed E-state index contributed by atoms with van der Waals surface area (Å²) in [6.45, 7) is 0. The van der Waals surface area contributed by atoms with E-state index in [9.17, 15) is 4.39 Å². The fraction of sp³-hybridized carbons (Fsp3) is 0.188. The van der Waals surface area contributed by atoms with Gasteiger partial charge in [0.05, 0.1) is 21.9 Å². The van der Waals surface area contributed by atoms with Crippen LogP contribution in [0.2, 0.25) is 5.15 Å². The molecule has 114 valence electrons. The van der Waals surface area contributed by atoms with Crippen molar-refractivity contribution in [1.29, 1.82) is 0 Å². The molecule has 4 nitrogen and oxygen atoms in total. The Bertz CT molecular complexity index is 1060. The molecule has 0 spiro atoms. The molecule has 3 aromatic heterocycles. The number of rotatable bonds is 2. The molecule has 0 saturated heterocycles. The van der Waals surface area contributed by atoms with E-state index in [-0.39, 0.29) is 5.15 Å². The van der Waals surface area contributed by atoms with Crippen LogP contribution in [-0.4, -0.2) is 19.6 Å². The monoisotopic (exact) mass is 344 g/mol. The molecule has 7 heteroatoms. The quantitative estimate of drug-likeness (QED) is 0.541. The van der Waals surface area contributed by atoms with E-state index >= 15 is 0 Å². The first-order valence-corrected chi connectivity index (χ1v) is 8.49. The minimum atomic E-state index is -0.493. The normalized spacial score (nSPS) is 20.4. The van der Waals surface area contributed by atoms with Crippen molar-refractivity contribution < 1.29 is 4.39 Å². The van der Waals surface area contributed by atoms with E-state index in [0.29, 0.717) is 17.5 Å². The lowest BCUT2D eigenvalue weighted by molar-refractivity contribution is 0.548. The maximum absolute atomic E-state index is 13.7. The highest BCUT2D eigenvalue weighted by Gasteiger charge is 2.41. The van der Waals surface area contributed by atoms with E-state index in [0.717, 1.165) is 17.5 Å². The maximum Gasteiger partial charge on any atom is 0.234 e. The van der Waals surface area contributed by atoms with E-state index < -0.39 is 5.95 Å². The van der Waals surface area contributed by atoms with Crippen molar-refractivity contribution in [1.82, 2.24) is 19.6 Å². The second-order valence-electron chi connectivity index (χ2n) is 5.77. The number of benzene rings is 1. The van der Waals surface area contributed by atoms with Gasteiger partial charge in [-0.25, -0.2) is 9.97 Å². The largest absolute Gasteiger partial charge is 0.245 e. The molecule has 1 aromatic carbocycles. The molecule has 23 heavy (non-hydrogen) atoms. The van der Waals surface area contributed by atoms with E-state index in [4.69, 9.17) is 11.6 Å². The summed E-state index contributed by atoms with van der Waals surface area (Å²) >= 11 is 7.69. The Morgan fingerprint density at radius 3 is 3.04 bits per heavy atom. The van der Waals surface area contributed by atoms with E-state index in [1.807, 2.05) is 5.51 Å². The molecule has 0 bridgehead atoms. The third kappa shape index (κ3) is 2.05. The number of halogens is 2. The summed E-state index contributed by atoms with van der Waals surface area (Å²) in [4.78, 5) is 8.46. The van der Waals surface area contributed by atoms with Gasteiger partial charge in [-0.3, -0.25) is 0 Å². The molecule has 1 fully saturated rings. The standard InChI is InChI=1S/C16H10ClFN4S/c17-14-5-11(16-19-6-15(18)22(16)21-14)10-4-9(10)8-1-2-12-13(3-8)23-7-20-12/h1-3,5-7,9-10H,4H2/t9-,10+/m1/s1. The molecule has 1 aliphatic carbocycles. The number of aromatic nitrogens is 4. The lowest BCUT2D eigenvalue weighted by Gasteiger charge is -2.04. The van der Waals surface area contributed by atoms with Crippen LogP contribution in [0.15, 0.2) is 36.0 Å². The predicted octanol–water partition coefficient (Wildman–Crippen LogP) is 4.40. The van der Waals surface area contributed by atoms with Crippen LogP contribution in [0.5, 0.6) is 0 Å². The van der Waals surface area contributed by atoms with Crippen LogP contribution in [0.3, 0.4) is 0 Å². The zero-order valence-electron chi connectivity index (χ0n) is 11.8. The van der Waals surface area contributed by atoms with Crippen LogP contribution in [0.4, 0.5) is 4.39 Å². The summed E-state index contributed by atoms with van der Waals surface area (Å²) < 4.78 is 16.1. The van der Waals surface area contributed by atoms with Gasteiger partial charge >= 0.3 is 0 Å². The number of hydrogen-bond donors (Lipinski definition) is 0. The zero-order chi connectivity index (χ0) is 15.6. The predicted molar refractivity (Wildman–Crippen MR) is 87.7 cm³/mol. The van der Waals surface area contributed by atoms with Crippen LogP contribution in [0, 0.1) is 5.95 Å². The van der Waals surface area contributed by atoms with Gasteiger partial charge in [-0.15, -0.1) is 11.3 Å². The van der Waals surface area contributed by atoms with Crippen LogP contribution in [0.1, 0.15) is 29.4 Å². The second-order valence-corrected chi connectivity index (χ2v) is 7.04. The summed E-state index contributed by atoms with van der Waals surface area (Å²) in [6.07, 6.45) is 2.19. The van der Waals surface area contributed by atoms with Crippen LogP contribution in [-0.2, 0) is 0 Å². The Morgan fingerprint density at radius 1 is 1.22 bits per heavy atom. The molecule has 0 amide bonds. The van der Waals surface area contributed by atoms with Gasteiger partial charge in [0.1, 0.15) is 0 Å². The number of fused-ring (bicyclic) bond motifs is 2. The van der Waals surface area contributed by atoms with Crippen molar-refractivity contribution in [2.24, 2.45) is 0 Å². The van der Waals surface area contributed by atoms with Crippen molar-refractivity contribution >= 4 is 38.8 Å². The van der Waals surface area contributed by atoms with Crippen molar-refractivity contribution in [3.63, 3.8) is 0 Å². The summed E-state index contributed by atoms with van der Waals surface area (Å²) in [5.41, 5.74) is 5.69. The molecule has 3 heterocycles. The minimum absolute atomic E-state index is 0.285. The van der Waals surface area contributed by atoms with Gasteiger partial charge in [-0.1, -0.05) is 17.7 Å². The summed E-state index contributed by atoms with van der Waals surface area (Å²) in [5, 5.41) is 4.26. The van der Waals surface area contributed by atoms with Crippen LogP contribution in [0.25, 0.3) is 15.9 Å². The first-order chi connectivity index (χ1) is 11.2. The summed E-state index contributed by atoms with van der Waals surface area (Å²) in [6, 6.07) is 8.18. The third-order valence-corrected chi connectivity index (χ3v) is 5.37. The van der Waals surface area contributed by atoms with Gasteiger partial charge in [-0.2, -0.15) is 14.0 Å². The first kappa shape index (κ1) is 13.4. The lowest BCUT2D eigenvalue weighted by Crippen LogP contribution is -1.99. The highest BCUT2D eigenvalue weighted by atomic mass is 35.5. The topological polar surface area (TPSA) is 43.1 Å². The van der Waals surface area contributed by atoms with Gasteiger partial charge in [0.15, 0.2) is 10.8 Å². The number of hydrogen-bond acceptors (Lipinski definition) is 4. The Morgan fingerprint density at radius 2 is 2.13 bits per heavy atom. The number of imidazole rings is 1. The van der Waals surface area contributed by atoms with E-state index in [1.54, 1.807) is 17.4 Å². The maximum atomic E-state index is 13.7. The van der Waals surface area contributed by atoms with Gasteiger partial charge < -0.3 is 0 Å². The van der Waals surface area contributed by atoms with Gasteiger partial charge in [0.25, 0.3) is 0 Å². The molecule has 1 aliphatic rings. The van der Waals surface area contributed by atoms with Crippen molar-refractivity contribution in [3.05, 3.63) is 58.2 Å². The third-order valence-electron chi connectivity index (χ3n) is 4.40. The highest BCUT2D eigenvalue weighted by Crippen LogP contribution is 2.56. The lowest BCUT2D eigenvalue weighted by atomic mass is 10.1. The van der Waals surface area contributed by atoms with Gasteiger partial charge in [-0.05, 0) is 42.0 Å². The molecular formula is C16H10ClFN4S. The molecule has 5 rings (SSSR count). The van der Waals surface area contributed by atoms with Crippen molar-refractivity contribution in [3.8, 4) is 0 Å². The van der Waals surface area contributed by atoms with Gasteiger partial charge in [0.2, 0.25) is 5.95 Å². The first-order valence-electron chi connectivity index (χ1n) is 7.23. The average molecular weight is 345 g/mol. The fourth-order valence-electron chi connectivity index (χ4n) is 3.22. The molecule has 0 radical (unpaired) electrons. The number of nitrogens with zero attached hydrogens (tertiary/aromatic N) is 4. The van der Waals surface area contributed by atoms with Gasteiger partial charge in [0, 0.05) is 5.56 Å².